The zero-order valence-electron chi connectivity index (χ0n) is 20.0. The number of hydrogen-bond donors (Lipinski definition) is 1. The van der Waals surface area contributed by atoms with Crippen molar-refractivity contribution in [2.75, 3.05) is 19.6 Å². The number of carbonyl (C=O) groups excluding carboxylic acids is 2. The van der Waals surface area contributed by atoms with Crippen LogP contribution in [0.15, 0.2) is 18.2 Å². The summed E-state index contributed by atoms with van der Waals surface area (Å²) in [5.41, 5.74) is 2.52. The number of halogens is 1. The van der Waals surface area contributed by atoms with Crippen LogP contribution in [-0.2, 0) is 15.0 Å². The Hall–Kier alpha value is -1.75. The van der Waals surface area contributed by atoms with Gasteiger partial charge in [0.1, 0.15) is 11.6 Å². The highest BCUT2D eigenvalue weighted by atomic mass is 19.1. The molecule has 2 aliphatic carbocycles. The second kappa shape index (κ2) is 9.24. The quantitative estimate of drug-likeness (QED) is 0.673. The lowest BCUT2D eigenvalue weighted by molar-refractivity contribution is -0.128. The Labute approximate surface area is 192 Å². The molecule has 176 valence electrons. The van der Waals surface area contributed by atoms with Crippen LogP contribution >= 0.6 is 0 Å². The first-order chi connectivity index (χ1) is 15.2. The van der Waals surface area contributed by atoms with Crippen LogP contribution in [0, 0.1) is 17.2 Å². The maximum Gasteiger partial charge on any atom is 0.221 e. The molecule has 2 fully saturated rings. The molecule has 0 aromatic heterocycles. The lowest BCUT2D eigenvalue weighted by Crippen LogP contribution is -2.47. The van der Waals surface area contributed by atoms with Crippen LogP contribution in [0.25, 0.3) is 0 Å². The number of piperidine rings is 1. The highest BCUT2D eigenvalue weighted by molar-refractivity contribution is 5.88. The number of Topliss-reactive ketones (excluding diaryl/α,β-unsaturated/α-hetero) is 1. The number of ketones is 1. The molecule has 1 aromatic carbocycles. The SMILES string of the molecule is CC(C)(C)CCN1CCC2(CC[C@H](NC(=O)CC3CCCC3=O)c3ccc(F)cc32)CC1. The van der Waals surface area contributed by atoms with E-state index in [1.54, 1.807) is 6.07 Å². The third kappa shape index (κ3) is 5.24. The molecule has 1 aliphatic heterocycles. The summed E-state index contributed by atoms with van der Waals surface area (Å²) in [7, 11) is 0. The standard InChI is InChI=1S/C27H39FN2O2/c1-26(2,3)11-14-30-15-12-27(13-16-30)10-9-23(21-8-7-20(28)18-22(21)27)29-25(32)17-19-5-4-6-24(19)31/h7-8,18-19,23H,4-6,9-17H2,1-3H3,(H,29,32)/t19?,23-/m0/s1. The van der Waals surface area contributed by atoms with Gasteiger partial charge in [-0.15, -0.1) is 0 Å². The van der Waals surface area contributed by atoms with Gasteiger partial charge >= 0.3 is 0 Å². The molecule has 0 radical (unpaired) electrons. The molecule has 0 bridgehead atoms. The molecule has 4 rings (SSSR count). The van der Waals surface area contributed by atoms with Crippen molar-refractivity contribution in [3.8, 4) is 0 Å². The van der Waals surface area contributed by atoms with Gasteiger partial charge < -0.3 is 10.2 Å². The molecule has 1 heterocycles. The van der Waals surface area contributed by atoms with Crippen LogP contribution in [0.3, 0.4) is 0 Å². The van der Waals surface area contributed by atoms with Gasteiger partial charge in [-0.1, -0.05) is 26.8 Å². The molecule has 1 saturated heterocycles. The molecular formula is C27H39FN2O2. The smallest absolute Gasteiger partial charge is 0.221 e. The van der Waals surface area contributed by atoms with Gasteiger partial charge in [0.15, 0.2) is 0 Å². The summed E-state index contributed by atoms with van der Waals surface area (Å²) in [4.78, 5) is 27.2. The molecule has 2 atom stereocenters. The summed E-state index contributed by atoms with van der Waals surface area (Å²) in [6.45, 7) is 10.1. The van der Waals surface area contributed by atoms with Crippen molar-refractivity contribution >= 4 is 11.7 Å². The number of likely N-dealkylation sites (tertiary alicyclic amines) is 1. The molecule has 5 heteroatoms. The number of hydrogen-bond acceptors (Lipinski definition) is 3. The second-order valence-electron chi connectivity index (χ2n) is 11.6. The van der Waals surface area contributed by atoms with Crippen LogP contribution in [0.5, 0.6) is 0 Å². The highest BCUT2D eigenvalue weighted by Crippen LogP contribution is 2.48. The van der Waals surface area contributed by atoms with Crippen molar-refractivity contribution in [2.24, 2.45) is 11.3 Å². The topological polar surface area (TPSA) is 49.4 Å². The van der Waals surface area contributed by atoms with Gasteiger partial charge in [-0.3, -0.25) is 9.59 Å². The minimum absolute atomic E-state index is 0.0122. The van der Waals surface area contributed by atoms with Gasteiger partial charge in [0.05, 0.1) is 6.04 Å². The molecule has 1 N–H and O–H groups in total. The van der Waals surface area contributed by atoms with E-state index in [2.05, 4.69) is 31.0 Å². The molecule has 4 nitrogen and oxygen atoms in total. The summed E-state index contributed by atoms with van der Waals surface area (Å²) < 4.78 is 14.3. The van der Waals surface area contributed by atoms with Crippen LogP contribution in [-0.4, -0.2) is 36.2 Å². The lowest BCUT2D eigenvalue weighted by Gasteiger charge is -2.47. The fourth-order valence-corrected chi connectivity index (χ4v) is 5.95. The fraction of sp³-hybridized carbons (Fsp3) is 0.704. The summed E-state index contributed by atoms with van der Waals surface area (Å²) >= 11 is 0. The first kappa shape index (κ1) is 23.4. The first-order valence-corrected chi connectivity index (χ1v) is 12.5. The van der Waals surface area contributed by atoms with E-state index in [0.717, 1.165) is 69.3 Å². The van der Waals surface area contributed by atoms with Crippen LogP contribution in [0.4, 0.5) is 4.39 Å². The van der Waals surface area contributed by atoms with E-state index in [-0.39, 0.29) is 34.9 Å². The first-order valence-electron chi connectivity index (χ1n) is 12.5. The Balaban J connectivity index is 1.44. The van der Waals surface area contributed by atoms with Crippen LogP contribution < -0.4 is 5.32 Å². The number of nitrogens with one attached hydrogen (secondary N) is 1. The zero-order valence-corrected chi connectivity index (χ0v) is 20.0. The van der Waals surface area contributed by atoms with E-state index < -0.39 is 0 Å². The van der Waals surface area contributed by atoms with Crippen molar-refractivity contribution in [2.45, 2.75) is 90.0 Å². The van der Waals surface area contributed by atoms with Crippen molar-refractivity contribution in [3.05, 3.63) is 35.1 Å². The molecule has 32 heavy (non-hydrogen) atoms. The van der Waals surface area contributed by atoms with E-state index in [1.165, 1.54) is 12.5 Å². The Morgan fingerprint density at radius 2 is 1.94 bits per heavy atom. The number of amides is 1. The summed E-state index contributed by atoms with van der Waals surface area (Å²) in [5.74, 6) is -0.126. The molecule has 1 saturated carbocycles. The van der Waals surface area contributed by atoms with Gasteiger partial charge in [-0.25, -0.2) is 4.39 Å². The van der Waals surface area contributed by atoms with Crippen molar-refractivity contribution < 1.29 is 14.0 Å². The average Bonchev–Trinajstić information content (AvgIpc) is 3.13. The van der Waals surface area contributed by atoms with E-state index in [0.29, 0.717) is 18.3 Å². The molecule has 1 amide bonds. The lowest BCUT2D eigenvalue weighted by atomic mass is 9.63. The molecule has 1 aromatic rings. The average molecular weight is 443 g/mol. The summed E-state index contributed by atoms with van der Waals surface area (Å²) in [6, 6.07) is 5.04. The maximum atomic E-state index is 14.3. The number of nitrogens with zero attached hydrogens (tertiary/aromatic N) is 1. The van der Waals surface area contributed by atoms with Crippen LogP contribution in [0.2, 0.25) is 0 Å². The van der Waals surface area contributed by atoms with Gasteiger partial charge in [-0.05, 0) is 98.7 Å². The van der Waals surface area contributed by atoms with E-state index in [1.807, 2.05) is 6.07 Å². The molecule has 3 aliphatic rings. The minimum atomic E-state index is -0.193. The zero-order chi connectivity index (χ0) is 22.9. The van der Waals surface area contributed by atoms with Gasteiger partial charge in [0.25, 0.3) is 0 Å². The van der Waals surface area contributed by atoms with E-state index >= 15 is 0 Å². The van der Waals surface area contributed by atoms with Crippen molar-refractivity contribution in [3.63, 3.8) is 0 Å². The Kier molecular flexibility index (Phi) is 6.76. The molecule has 1 unspecified atom stereocenters. The van der Waals surface area contributed by atoms with Crippen LogP contribution in [0.1, 0.15) is 95.7 Å². The summed E-state index contributed by atoms with van der Waals surface area (Å²) in [5, 5.41) is 3.19. The fourth-order valence-electron chi connectivity index (χ4n) is 5.95. The third-order valence-electron chi connectivity index (χ3n) is 8.06. The van der Waals surface area contributed by atoms with Gasteiger partial charge in [0, 0.05) is 18.8 Å². The number of carbonyl (C=O) groups is 2. The number of fused-ring (bicyclic) bond motifs is 2. The monoisotopic (exact) mass is 442 g/mol. The van der Waals surface area contributed by atoms with E-state index in [4.69, 9.17) is 0 Å². The van der Waals surface area contributed by atoms with Gasteiger partial charge in [0.2, 0.25) is 5.91 Å². The predicted molar refractivity (Wildman–Crippen MR) is 125 cm³/mol. The van der Waals surface area contributed by atoms with Gasteiger partial charge in [-0.2, -0.15) is 0 Å². The largest absolute Gasteiger partial charge is 0.349 e. The Morgan fingerprint density at radius 3 is 2.59 bits per heavy atom. The second-order valence-corrected chi connectivity index (χ2v) is 11.6. The number of benzene rings is 1. The van der Waals surface area contributed by atoms with Crippen molar-refractivity contribution in [1.29, 1.82) is 0 Å². The third-order valence-corrected chi connectivity index (χ3v) is 8.06. The number of rotatable bonds is 5. The summed E-state index contributed by atoms with van der Waals surface area (Å²) in [6.07, 6.45) is 7.76. The highest BCUT2D eigenvalue weighted by Gasteiger charge is 2.42. The van der Waals surface area contributed by atoms with E-state index in [9.17, 15) is 14.0 Å². The Bertz CT molecular complexity index is 852. The maximum absolute atomic E-state index is 14.3. The Morgan fingerprint density at radius 1 is 1.19 bits per heavy atom. The minimum Gasteiger partial charge on any atom is -0.349 e. The normalized spacial score (nSPS) is 25.7. The predicted octanol–water partition coefficient (Wildman–Crippen LogP) is 5.31. The molecule has 1 spiro atoms. The molecular weight excluding hydrogens is 403 g/mol. The van der Waals surface area contributed by atoms with Crippen molar-refractivity contribution in [1.82, 2.24) is 10.2 Å².